The highest BCUT2D eigenvalue weighted by Gasteiger charge is 2.41. The molecule has 2 aromatic rings. The molecule has 0 radical (unpaired) electrons. The van der Waals surface area contributed by atoms with Crippen molar-refractivity contribution in [2.24, 2.45) is 0 Å². The Labute approximate surface area is 107 Å². The Hall–Kier alpha value is -1.86. The van der Waals surface area contributed by atoms with Gasteiger partial charge in [-0.2, -0.15) is 0 Å². The van der Waals surface area contributed by atoms with Crippen LogP contribution in [0.5, 0.6) is 0 Å². The maximum atomic E-state index is 10.5. The average molecular weight is 236 g/mol. The molecule has 1 aliphatic rings. The molecule has 0 amide bonds. The number of rotatable bonds is 2. The fraction of sp³-hybridized carbons (Fsp3) is 0.176. The second kappa shape index (κ2) is 4.43. The lowest BCUT2D eigenvalue weighted by Crippen LogP contribution is -2.36. The van der Waals surface area contributed by atoms with Crippen LogP contribution in [0.1, 0.15) is 17.5 Å². The third kappa shape index (κ3) is 1.59. The van der Waals surface area contributed by atoms with Crippen molar-refractivity contribution in [2.75, 3.05) is 0 Å². The zero-order chi connectivity index (χ0) is 12.4. The fourth-order valence-corrected chi connectivity index (χ4v) is 2.88. The van der Waals surface area contributed by atoms with Crippen LogP contribution in [0.4, 0.5) is 0 Å². The Bertz CT molecular complexity index is 503. The summed E-state index contributed by atoms with van der Waals surface area (Å²) in [5, 5.41) is 10.5. The summed E-state index contributed by atoms with van der Waals surface area (Å²) in [6.07, 6.45) is 4.37. The van der Waals surface area contributed by atoms with Gasteiger partial charge in [-0.3, -0.25) is 0 Å². The van der Waals surface area contributed by atoms with Crippen LogP contribution in [0, 0.1) is 0 Å². The molecule has 0 aromatic heterocycles. The summed E-state index contributed by atoms with van der Waals surface area (Å²) in [5.74, 6) is 0. The molecule has 1 N–H and O–H groups in total. The van der Waals surface area contributed by atoms with E-state index >= 15 is 0 Å². The van der Waals surface area contributed by atoms with Crippen molar-refractivity contribution < 1.29 is 5.11 Å². The molecule has 18 heavy (non-hydrogen) atoms. The SMILES string of the molecule is O[C@H]1C=CCC1(c1ccccc1)c1ccccc1. The van der Waals surface area contributed by atoms with Crippen LogP contribution in [-0.2, 0) is 5.41 Å². The van der Waals surface area contributed by atoms with Gasteiger partial charge in [-0.25, -0.2) is 0 Å². The molecule has 90 valence electrons. The number of aliphatic hydroxyl groups excluding tert-OH is 1. The molecule has 0 saturated carbocycles. The van der Waals surface area contributed by atoms with Gasteiger partial charge in [0.1, 0.15) is 0 Å². The number of allylic oxidation sites excluding steroid dienone is 1. The first-order chi connectivity index (χ1) is 8.84. The molecule has 1 atom stereocenters. The van der Waals surface area contributed by atoms with Crippen LogP contribution in [-0.4, -0.2) is 11.2 Å². The summed E-state index contributed by atoms with van der Waals surface area (Å²) in [4.78, 5) is 0. The maximum absolute atomic E-state index is 10.5. The molecule has 1 heteroatoms. The van der Waals surface area contributed by atoms with Gasteiger partial charge in [0.05, 0.1) is 11.5 Å². The number of hydrogen-bond acceptors (Lipinski definition) is 1. The molecule has 0 heterocycles. The van der Waals surface area contributed by atoms with Crippen LogP contribution in [0.15, 0.2) is 72.8 Å². The highest BCUT2D eigenvalue weighted by atomic mass is 16.3. The largest absolute Gasteiger partial charge is 0.388 e. The molecule has 0 unspecified atom stereocenters. The van der Waals surface area contributed by atoms with E-state index in [0.29, 0.717) is 0 Å². The van der Waals surface area contributed by atoms with Crippen molar-refractivity contribution in [3.05, 3.63) is 83.9 Å². The lowest BCUT2D eigenvalue weighted by Gasteiger charge is -2.34. The summed E-state index contributed by atoms with van der Waals surface area (Å²) in [5.41, 5.74) is 2.03. The van der Waals surface area contributed by atoms with Crippen molar-refractivity contribution in [3.63, 3.8) is 0 Å². The molecule has 3 rings (SSSR count). The van der Waals surface area contributed by atoms with Gasteiger partial charge in [-0.1, -0.05) is 72.8 Å². The highest BCUT2D eigenvalue weighted by Crippen LogP contribution is 2.43. The van der Waals surface area contributed by atoms with Gasteiger partial charge < -0.3 is 5.11 Å². The van der Waals surface area contributed by atoms with Crippen molar-refractivity contribution >= 4 is 0 Å². The Balaban J connectivity index is 2.17. The zero-order valence-electron chi connectivity index (χ0n) is 10.2. The minimum atomic E-state index is -0.456. The smallest absolute Gasteiger partial charge is 0.0861 e. The van der Waals surface area contributed by atoms with E-state index in [1.165, 1.54) is 11.1 Å². The molecule has 0 saturated heterocycles. The molecule has 0 fully saturated rings. The summed E-state index contributed by atoms with van der Waals surface area (Å²) >= 11 is 0. The first-order valence-electron chi connectivity index (χ1n) is 6.30. The second-order valence-electron chi connectivity index (χ2n) is 4.78. The third-order valence-electron chi connectivity index (χ3n) is 3.84. The molecule has 0 aliphatic heterocycles. The Kier molecular flexibility index (Phi) is 2.77. The maximum Gasteiger partial charge on any atom is 0.0861 e. The highest BCUT2D eigenvalue weighted by molar-refractivity contribution is 5.45. The van der Waals surface area contributed by atoms with E-state index in [-0.39, 0.29) is 5.41 Å². The van der Waals surface area contributed by atoms with Gasteiger partial charge in [0, 0.05) is 0 Å². The first kappa shape index (κ1) is 11.2. The molecule has 0 bridgehead atoms. The van der Waals surface area contributed by atoms with Crippen molar-refractivity contribution in [1.82, 2.24) is 0 Å². The van der Waals surface area contributed by atoms with Gasteiger partial charge in [0.25, 0.3) is 0 Å². The van der Waals surface area contributed by atoms with Crippen LogP contribution in [0.3, 0.4) is 0 Å². The van der Waals surface area contributed by atoms with Crippen LogP contribution < -0.4 is 0 Å². The molecular formula is C17H16O. The topological polar surface area (TPSA) is 20.2 Å². The minimum Gasteiger partial charge on any atom is -0.388 e. The molecule has 2 aromatic carbocycles. The average Bonchev–Trinajstić information content (AvgIpc) is 2.84. The number of aliphatic hydroxyl groups is 1. The quantitative estimate of drug-likeness (QED) is 0.793. The lowest BCUT2D eigenvalue weighted by molar-refractivity contribution is 0.159. The van der Waals surface area contributed by atoms with Gasteiger partial charge in [-0.05, 0) is 17.5 Å². The summed E-state index contributed by atoms with van der Waals surface area (Å²) in [6, 6.07) is 20.6. The molecule has 0 spiro atoms. The molecular weight excluding hydrogens is 220 g/mol. The van der Waals surface area contributed by atoms with E-state index in [0.717, 1.165) is 6.42 Å². The summed E-state index contributed by atoms with van der Waals surface area (Å²) in [6.45, 7) is 0. The summed E-state index contributed by atoms with van der Waals surface area (Å²) < 4.78 is 0. The normalized spacial score (nSPS) is 21.1. The van der Waals surface area contributed by atoms with E-state index in [9.17, 15) is 5.11 Å². The van der Waals surface area contributed by atoms with E-state index < -0.39 is 6.10 Å². The fourth-order valence-electron chi connectivity index (χ4n) is 2.88. The van der Waals surface area contributed by atoms with E-state index in [1.54, 1.807) is 0 Å². The van der Waals surface area contributed by atoms with Gasteiger partial charge in [0.15, 0.2) is 0 Å². The van der Waals surface area contributed by atoms with E-state index in [1.807, 2.05) is 42.5 Å². The van der Waals surface area contributed by atoms with E-state index in [4.69, 9.17) is 0 Å². The van der Waals surface area contributed by atoms with Crippen molar-refractivity contribution in [2.45, 2.75) is 17.9 Å². The Morgan fingerprint density at radius 2 is 1.33 bits per heavy atom. The van der Waals surface area contributed by atoms with Crippen LogP contribution >= 0.6 is 0 Å². The van der Waals surface area contributed by atoms with Gasteiger partial charge in [0.2, 0.25) is 0 Å². The number of benzene rings is 2. The molecule has 1 aliphatic carbocycles. The second-order valence-corrected chi connectivity index (χ2v) is 4.78. The minimum absolute atomic E-state index is 0.317. The lowest BCUT2D eigenvalue weighted by atomic mass is 9.71. The number of hydrogen-bond donors (Lipinski definition) is 1. The van der Waals surface area contributed by atoms with Crippen LogP contribution in [0.2, 0.25) is 0 Å². The predicted octanol–water partition coefficient (Wildman–Crippen LogP) is 3.29. The Morgan fingerprint density at radius 3 is 1.72 bits per heavy atom. The van der Waals surface area contributed by atoms with Gasteiger partial charge in [-0.15, -0.1) is 0 Å². The summed E-state index contributed by atoms with van der Waals surface area (Å²) in [7, 11) is 0. The monoisotopic (exact) mass is 236 g/mol. The third-order valence-corrected chi connectivity index (χ3v) is 3.84. The zero-order valence-corrected chi connectivity index (χ0v) is 10.2. The van der Waals surface area contributed by atoms with Crippen molar-refractivity contribution in [1.29, 1.82) is 0 Å². The standard InChI is InChI=1S/C17H16O/c18-16-12-7-13-17(16,14-8-3-1-4-9-14)15-10-5-2-6-11-15/h1-12,16,18H,13H2/t16-/m0/s1. The van der Waals surface area contributed by atoms with Crippen LogP contribution in [0.25, 0.3) is 0 Å². The van der Waals surface area contributed by atoms with Gasteiger partial charge >= 0.3 is 0 Å². The Morgan fingerprint density at radius 1 is 0.833 bits per heavy atom. The first-order valence-corrected chi connectivity index (χ1v) is 6.30. The predicted molar refractivity (Wildman–Crippen MR) is 73.4 cm³/mol. The molecule has 1 nitrogen and oxygen atoms in total. The van der Waals surface area contributed by atoms with E-state index in [2.05, 4.69) is 30.3 Å². The van der Waals surface area contributed by atoms with Crippen molar-refractivity contribution in [3.8, 4) is 0 Å².